The quantitative estimate of drug-likeness (QED) is 0.885. The molecular weight excluding hydrogens is 306 g/mol. The highest BCUT2D eigenvalue weighted by Crippen LogP contribution is 2.27. The molecule has 0 amide bonds. The first-order valence-electron chi connectivity index (χ1n) is 6.08. The van der Waals surface area contributed by atoms with Gasteiger partial charge in [0.1, 0.15) is 11.6 Å². The van der Waals surface area contributed by atoms with Gasteiger partial charge in [0.25, 0.3) is 0 Å². The van der Waals surface area contributed by atoms with Crippen LogP contribution in [0.15, 0.2) is 41.0 Å². The maximum atomic E-state index is 5.74. The van der Waals surface area contributed by atoms with Crippen LogP contribution in [-0.4, -0.2) is 11.6 Å². The van der Waals surface area contributed by atoms with Crippen LogP contribution < -0.4 is 15.8 Å². The van der Waals surface area contributed by atoms with Crippen LogP contribution in [0.25, 0.3) is 0 Å². The first kappa shape index (κ1) is 13.8. The number of anilines is 2. The fourth-order valence-electron chi connectivity index (χ4n) is 1.73. The maximum Gasteiger partial charge on any atom is 0.144 e. The lowest BCUT2D eigenvalue weighted by Gasteiger charge is -2.12. The molecule has 0 bridgehead atoms. The number of nitrogens with one attached hydrogen (secondary N) is 1. The Morgan fingerprint density at radius 2 is 2.21 bits per heavy atom. The second-order valence-electron chi connectivity index (χ2n) is 3.92. The molecule has 0 saturated carbocycles. The summed E-state index contributed by atoms with van der Waals surface area (Å²) < 4.78 is 6.44. The lowest BCUT2D eigenvalue weighted by Crippen LogP contribution is -2.03. The molecule has 1 aromatic heterocycles. The first-order chi connectivity index (χ1) is 9.24. The summed E-state index contributed by atoms with van der Waals surface area (Å²) in [7, 11) is 0. The summed E-state index contributed by atoms with van der Waals surface area (Å²) in [5.74, 6) is 1.60. The average Bonchev–Trinajstić information content (AvgIpc) is 2.43. The van der Waals surface area contributed by atoms with Gasteiger partial charge in [-0.1, -0.05) is 0 Å². The van der Waals surface area contributed by atoms with Crippen LogP contribution in [0.4, 0.5) is 11.5 Å². The minimum Gasteiger partial charge on any atom is -0.494 e. The summed E-state index contributed by atoms with van der Waals surface area (Å²) >= 11 is 3.45. The number of benzene rings is 1. The standard InChI is InChI=1S/C14H16BrN3O/c1-2-19-13-6-5-11(8-10(13)9-16)18-14-12(15)4-3-7-17-14/h3-8H,2,9,16H2,1H3,(H,17,18). The molecule has 0 fully saturated rings. The monoisotopic (exact) mass is 321 g/mol. The molecule has 2 aromatic rings. The SMILES string of the molecule is CCOc1ccc(Nc2ncccc2Br)cc1CN. The van der Waals surface area contributed by atoms with Gasteiger partial charge in [-0.05, 0) is 53.2 Å². The van der Waals surface area contributed by atoms with Crippen LogP contribution in [-0.2, 0) is 6.54 Å². The molecule has 19 heavy (non-hydrogen) atoms. The third-order valence-corrected chi connectivity index (χ3v) is 3.24. The van der Waals surface area contributed by atoms with E-state index in [-0.39, 0.29) is 0 Å². The molecule has 1 heterocycles. The number of hydrogen-bond donors (Lipinski definition) is 2. The van der Waals surface area contributed by atoms with E-state index in [2.05, 4.69) is 26.2 Å². The van der Waals surface area contributed by atoms with Crippen molar-refractivity contribution < 1.29 is 4.74 Å². The Balaban J connectivity index is 2.24. The van der Waals surface area contributed by atoms with E-state index >= 15 is 0 Å². The molecule has 3 N–H and O–H groups in total. The highest BCUT2D eigenvalue weighted by Gasteiger charge is 2.05. The summed E-state index contributed by atoms with van der Waals surface area (Å²) in [5, 5.41) is 3.25. The van der Waals surface area contributed by atoms with Crippen LogP contribution >= 0.6 is 15.9 Å². The molecule has 0 unspecified atom stereocenters. The smallest absolute Gasteiger partial charge is 0.144 e. The van der Waals surface area contributed by atoms with Gasteiger partial charge in [-0.25, -0.2) is 4.98 Å². The van der Waals surface area contributed by atoms with E-state index in [1.54, 1.807) is 6.20 Å². The molecule has 1 aromatic carbocycles. The van der Waals surface area contributed by atoms with Gasteiger partial charge in [-0.2, -0.15) is 0 Å². The van der Waals surface area contributed by atoms with Crippen LogP contribution in [0.3, 0.4) is 0 Å². The van der Waals surface area contributed by atoms with Gasteiger partial charge in [-0.15, -0.1) is 0 Å². The Bertz CT molecular complexity index is 560. The van der Waals surface area contributed by atoms with Gasteiger partial charge >= 0.3 is 0 Å². The molecule has 0 aliphatic heterocycles. The first-order valence-corrected chi connectivity index (χ1v) is 6.87. The van der Waals surface area contributed by atoms with Crippen molar-refractivity contribution in [3.05, 3.63) is 46.6 Å². The molecule has 0 spiro atoms. The van der Waals surface area contributed by atoms with E-state index in [1.165, 1.54) is 0 Å². The average molecular weight is 322 g/mol. The lowest BCUT2D eigenvalue weighted by molar-refractivity contribution is 0.336. The zero-order valence-electron chi connectivity index (χ0n) is 10.7. The second kappa shape index (κ2) is 6.54. The van der Waals surface area contributed by atoms with Crippen molar-refractivity contribution in [2.24, 2.45) is 5.73 Å². The number of ether oxygens (including phenoxy) is 1. The van der Waals surface area contributed by atoms with Crippen molar-refractivity contribution >= 4 is 27.4 Å². The molecular formula is C14H16BrN3O. The Morgan fingerprint density at radius 3 is 2.89 bits per heavy atom. The highest BCUT2D eigenvalue weighted by atomic mass is 79.9. The largest absolute Gasteiger partial charge is 0.494 e. The van der Waals surface area contributed by atoms with E-state index in [4.69, 9.17) is 10.5 Å². The maximum absolute atomic E-state index is 5.74. The molecule has 0 aliphatic carbocycles. The van der Waals surface area contributed by atoms with Crippen molar-refractivity contribution in [1.82, 2.24) is 4.98 Å². The molecule has 100 valence electrons. The number of pyridine rings is 1. The van der Waals surface area contributed by atoms with Gasteiger partial charge in [-0.3, -0.25) is 0 Å². The molecule has 0 saturated heterocycles. The summed E-state index contributed by atoms with van der Waals surface area (Å²) in [6.45, 7) is 3.03. The van der Waals surface area contributed by atoms with Crippen LogP contribution in [0.1, 0.15) is 12.5 Å². The van der Waals surface area contributed by atoms with Crippen molar-refractivity contribution in [2.75, 3.05) is 11.9 Å². The van der Waals surface area contributed by atoms with Crippen LogP contribution in [0.5, 0.6) is 5.75 Å². The van der Waals surface area contributed by atoms with Crippen LogP contribution in [0, 0.1) is 0 Å². The second-order valence-corrected chi connectivity index (χ2v) is 4.77. The topological polar surface area (TPSA) is 60.2 Å². The van der Waals surface area contributed by atoms with Gasteiger partial charge in [0.05, 0.1) is 11.1 Å². The van der Waals surface area contributed by atoms with Crippen molar-refractivity contribution in [3.63, 3.8) is 0 Å². The molecule has 2 rings (SSSR count). The number of halogens is 1. The van der Waals surface area contributed by atoms with E-state index in [0.29, 0.717) is 13.2 Å². The summed E-state index contributed by atoms with van der Waals surface area (Å²) in [5.41, 5.74) is 7.65. The summed E-state index contributed by atoms with van der Waals surface area (Å²) in [4.78, 5) is 4.27. The van der Waals surface area contributed by atoms with Gasteiger partial charge in [0.2, 0.25) is 0 Å². The predicted octanol–water partition coefficient (Wildman–Crippen LogP) is 3.45. The Morgan fingerprint density at radius 1 is 1.37 bits per heavy atom. The fraction of sp³-hybridized carbons (Fsp3) is 0.214. The number of hydrogen-bond acceptors (Lipinski definition) is 4. The number of aromatic nitrogens is 1. The van der Waals surface area contributed by atoms with E-state index in [9.17, 15) is 0 Å². The third kappa shape index (κ3) is 3.45. The summed E-state index contributed by atoms with van der Waals surface area (Å²) in [6.07, 6.45) is 1.74. The predicted molar refractivity (Wildman–Crippen MR) is 80.7 cm³/mol. The lowest BCUT2D eigenvalue weighted by atomic mass is 10.1. The molecule has 5 heteroatoms. The molecule has 4 nitrogen and oxygen atoms in total. The Labute approximate surface area is 121 Å². The minimum absolute atomic E-state index is 0.439. The van der Waals surface area contributed by atoms with E-state index < -0.39 is 0 Å². The minimum atomic E-state index is 0.439. The summed E-state index contributed by atoms with van der Waals surface area (Å²) in [6, 6.07) is 9.66. The molecule has 0 atom stereocenters. The van der Waals surface area contributed by atoms with Crippen LogP contribution in [0.2, 0.25) is 0 Å². The normalized spacial score (nSPS) is 10.3. The van der Waals surface area contributed by atoms with E-state index in [1.807, 2.05) is 37.3 Å². The zero-order valence-corrected chi connectivity index (χ0v) is 12.3. The Hall–Kier alpha value is -1.59. The van der Waals surface area contributed by atoms with Gasteiger partial charge in [0.15, 0.2) is 0 Å². The molecule has 0 aliphatic rings. The fourth-order valence-corrected chi connectivity index (χ4v) is 2.08. The highest BCUT2D eigenvalue weighted by molar-refractivity contribution is 9.10. The van der Waals surface area contributed by atoms with Crippen molar-refractivity contribution in [3.8, 4) is 5.75 Å². The van der Waals surface area contributed by atoms with Gasteiger partial charge < -0.3 is 15.8 Å². The zero-order chi connectivity index (χ0) is 13.7. The van der Waals surface area contributed by atoms with Crippen molar-refractivity contribution in [2.45, 2.75) is 13.5 Å². The molecule has 0 radical (unpaired) electrons. The number of nitrogens with zero attached hydrogens (tertiary/aromatic N) is 1. The Kier molecular flexibility index (Phi) is 4.76. The number of nitrogens with two attached hydrogens (primary N) is 1. The van der Waals surface area contributed by atoms with Gasteiger partial charge in [0, 0.05) is 24.0 Å². The number of rotatable bonds is 5. The third-order valence-electron chi connectivity index (χ3n) is 2.60. The van der Waals surface area contributed by atoms with Crippen molar-refractivity contribution in [1.29, 1.82) is 0 Å². The van der Waals surface area contributed by atoms with E-state index in [0.717, 1.165) is 27.3 Å².